The molecule has 4 nitrogen and oxygen atoms in total. The van der Waals surface area contributed by atoms with Gasteiger partial charge in [-0.2, -0.15) is 0 Å². The summed E-state index contributed by atoms with van der Waals surface area (Å²) in [5, 5.41) is 3.70. The van der Waals surface area contributed by atoms with Crippen LogP contribution in [0.5, 0.6) is 0 Å². The van der Waals surface area contributed by atoms with Gasteiger partial charge >= 0.3 is 0 Å². The minimum atomic E-state index is 0.351. The van der Waals surface area contributed by atoms with Crippen LogP contribution in [0.4, 0.5) is 0 Å². The van der Waals surface area contributed by atoms with Crippen LogP contribution in [0, 0.1) is 0 Å². The van der Waals surface area contributed by atoms with Crippen LogP contribution in [0.2, 0.25) is 0 Å². The van der Waals surface area contributed by atoms with Crippen LogP contribution in [0.25, 0.3) is 0 Å². The Kier molecular flexibility index (Phi) is 5.23. The van der Waals surface area contributed by atoms with E-state index in [-0.39, 0.29) is 0 Å². The topological polar surface area (TPSA) is 21.8 Å². The average molecular weight is 268 g/mol. The van der Waals surface area contributed by atoms with E-state index in [0.29, 0.717) is 5.54 Å². The fourth-order valence-corrected chi connectivity index (χ4v) is 3.12. The lowest BCUT2D eigenvalue weighted by molar-refractivity contribution is 0.0677. The Morgan fingerprint density at radius 1 is 1.16 bits per heavy atom. The first-order chi connectivity index (χ1) is 8.96. The molecule has 1 unspecified atom stereocenters. The molecule has 0 aromatic rings. The van der Waals surface area contributed by atoms with Gasteiger partial charge in [0.25, 0.3) is 0 Å². The van der Waals surface area contributed by atoms with Crippen molar-refractivity contribution in [1.82, 2.24) is 20.0 Å². The van der Waals surface area contributed by atoms with Crippen molar-refractivity contribution in [2.75, 3.05) is 59.9 Å². The summed E-state index contributed by atoms with van der Waals surface area (Å²) >= 11 is 0. The molecule has 1 N–H and O–H groups in total. The number of nitrogens with zero attached hydrogens (tertiary/aromatic N) is 3. The van der Waals surface area contributed by atoms with Crippen molar-refractivity contribution in [3.05, 3.63) is 0 Å². The second-order valence-electron chi connectivity index (χ2n) is 7.14. The summed E-state index contributed by atoms with van der Waals surface area (Å²) in [5.74, 6) is 0. The molecular formula is C15H32N4. The first kappa shape index (κ1) is 15.2. The van der Waals surface area contributed by atoms with Gasteiger partial charge in [0, 0.05) is 57.4 Å². The van der Waals surface area contributed by atoms with Crippen molar-refractivity contribution >= 4 is 0 Å². The van der Waals surface area contributed by atoms with Crippen molar-refractivity contribution in [3.8, 4) is 0 Å². The average Bonchev–Trinajstić information content (AvgIpc) is 2.37. The molecule has 19 heavy (non-hydrogen) atoms. The highest BCUT2D eigenvalue weighted by Crippen LogP contribution is 2.22. The zero-order valence-corrected chi connectivity index (χ0v) is 13.3. The molecule has 0 spiro atoms. The molecule has 0 amide bonds. The summed E-state index contributed by atoms with van der Waals surface area (Å²) in [6, 6.07) is 0.768. The van der Waals surface area contributed by atoms with Crippen LogP contribution >= 0.6 is 0 Å². The lowest BCUT2D eigenvalue weighted by Crippen LogP contribution is -2.58. The Balaban J connectivity index is 1.69. The molecule has 2 aliphatic heterocycles. The molecule has 1 atom stereocenters. The molecule has 2 heterocycles. The van der Waals surface area contributed by atoms with E-state index in [4.69, 9.17) is 0 Å². The van der Waals surface area contributed by atoms with Crippen LogP contribution in [0.1, 0.15) is 26.7 Å². The lowest BCUT2D eigenvalue weighted by atomic mass is 9.90. The Bertz CT molecular complexity index is 259. The van der Waals surface area contributed by atoms with Crippen LogP contribution in [0.3, 0.4) is 0 Å². The van der Waals surface area contributed by atoms with E-state index in [1.54, 1.807) is 0 Å². The molecule has 4 heteroatoms. The van der Waals surface area contributed by atoms with E-state index in [1.807, 2.05) is 0 Å². The van der Waals surface area contributed by atoms with E-state index in [2.05, 4.69) is 48.0 Å². The van der Waals surface area contributed by atoms with Crippen molar-refractivity contribution in [1.29, 1.82) is 0 Å². The van der Waals surface area contributed by atoms with Gasteiger partial charge in [-0.3, -0.25) is 9.80 Å². The highest BCUT2D eigenvalue weighted by Gasteiger charge is 2.30. The Hall–Kier alpha value is -0.160. The van der Waals surface area contributed by atoms with Gasteiger partial charge in [-0.05, 0) is 40.8 Å². The first-order valence-electron chi connectivity index (χ1n) is 7.82. The summed E-state index contributed by atoms with van der Waals surface area (Å²) in [6.07, 6.45) is 2.66. The second kappa shape index (κ2) is 6.53. The molecule has 2 aliphatic rings. The smallest absolute Gasteiger partial charge is 0.0222 e. The van der Waals surface area contributed by atoms with Gasteiger partial charge in [0.1, 0.15) is 0 Å². The maximum atomic E-state index is 3.70. The summed E-state index contributed by atoms with van der Waals surface area (Å²) in [4.78, 5) is 7.59. The number of likely N-dealkylation sites (N-methyl/N-ethyl adjacent to an activating group) is 1. The number of hydrogen-bond donors (Lipinski definition) is 1. The first-order valence-corrected chi connectivity index (χ1v) is 7.82. The fourth-order valence-electron chi connectivity index (χ4n) is 3.12. The minimum absolute atomic E-state index is 0.351. The standard InChI is InChI=1S/C15H32N4/c1-15(2)6-5-14(13-16-15)19-11-9-18(10-12-19)8-7-17(3)4/h14,16H,5-13H2,1-4H3. The third-order valence-electron chi connectivity index (χ3n) is 4.71. The monoisotopic (exact) mass is 268 g/mol. The molecule has 0 bridgehead atoms. The van der Waals surface area contributed by atoms with Crippen molar-refractivity contribution in [2.24, 2.45) is 0 Å². The quantitative estimate of drug-likeness (QED) is 0.810. The fraction of sp³-hybridized carbons (Fsp3) is 1.00. The molecule has 2 fully saturated rings. The Morgan fingerprint density at radius 2 is 1.84 bits per heavy atom. The maximum absolute atomic E-state index is 3.70. The van der Waals surface area contributed by atoms with E-state index in [1.165, 1.54) is 58.7 Å². The normalized spacial score (nSPS) is 29.8. The molecule has 0 aromatic heterocycles. The largest absolute Gasteiger partial charge is 0.310 e. The van der Waals surface area contributed by atoms with E-state index in [9.17, 15) is 0 Å². The predicted octanol–water partition coefficient (Wildman–Crippen LogP) is 0.696. The molecule has 0 saturated carbocycles. The Morgan fingerprint density at radius 3 is 2.37 bits per heavy atom. The SMILES string of the molecule is CN(C)CCN1CCN(C2CCC(C)(C)NC2)CC1. The van der Waals surface area contributed by atoms with Crippen molar-refractivity contribution < 1.29 is 0 Å². The van der Waals surface area contributed by atoms with Crippen LogP contribution in [-0.4, -0.2) is 86.2 Å². The van der Waals surface area contributed by atoms with Gasteiger partial charge in [-0.1, -0.05) is 0 Å². The summed E-state index contributed by atoms with van der Waals surface area (Å²) in [7, 11) is 4.32. The molecule has 112 valence electrons. The molecule has 2 saturated heterocycles. The third kappa shape index (κ3) is 4.71. The maximum Gasteiger partial charge on any atom is 0.0222 e. The van der Waals surface area contributed by atoms with Gasteiger partial charge in [-0.15, -0.1) is 0 Å². The Labute approximate surface area is 119 Å². The van der Waals surface area contributed by atoms with Gasteiger partial charge < -0.3 is 10.2 Å². The van der Waals surface area contributed by atoms with Crippen LogP contribution < -0.4 is 5.32 Å². The highest BCUT2D eigenvalue weighted by molar-refractivity contribution is 4.90. The predicted molar refractivity (Wildman–Crippen MR) is 81.7 cm³/mol. The van der Waals surface area contributed by atoms with E-state index >= 15 is 0 Å². The van der Waals surface area contributed by atoms with Gasteiger partial charge in [-0.25, -0.2) is 0 Å². The lowest BCUT2D eigenvalue weighted by Gasteiger charge is -2.44. The zero-order valence-electron chi connectivity index (χ0n) is 13.3. The third-order valence-corrected chi connectivity index (χ3v) is 4.71. The van der Waals surface area contributed by atoms with Gasteiger partial charge in [0.2, 0.25) is 0 Å². The van der Waals surface area contributed by atoms with E-state index in [0.717, 1.165) is 6.04 Å². The van der Waals surface area contributed by atoms with Gasteiger partial charge in [0.15, 0.2) is 0 Å². The minimum Gasteiger partial charge on any atom is -0.310 e. The number of rotatable bonds is 4. The molecule has 0 radical (unpaired) electrons. The summed E-state index contributed by atoms with van der Waals surface area (Å²) < 4.78 is 0. The van der Waals surface area contributed by atoms with E-state index < -0.39 is 0 Å². The van der Waals surface area contributed by atoms with Crippen LogP contribution in [-0.2, 0) is 0 Å². The van der Waals surface area contributed by atoms with Gasteiger partial charge in [0.05, 0.1) is 0 Å². The zero-order chi connectivity index (χ0) is 13.9. The molecule has 0 aromatic carbocycles. The highest BCUT2D eigenvalue weighted by atomic mass is 15.3. The summed E-state index contributed by atoms with van der Waals surface area (Å²) in [6.45, 7) is 13.2. The molecule has 2 rings (SSSR count). The van der Waals surface area contributed by atoms with Crippen molar-refractivity contribution in [3.63, 3.8) is 0 Å². The van der Waals surface area contributed by atoms with Crippen LogP contribution in [0.15, 0.2) is 0 Å². The number of piperazine rings is 1. The molecular weight excluding hydrogens is 236 g/mol. The number of nitrogens with one attached hydrogen (secondary N) is 1. The summed E-state index contributed by atoms with van der Waals surface area (Å²) in [5.41, 5.74) is 0.351. The molecule has 0 aliphatic carbocycles. The number of piperidine rings is 1. The number of hydrogen-bond acceptors (Lipinski definition) is 4. The van der Waals surface area contributed by atoms with Crippen molar-refractivity contribution in [2.45, 2.75) is 38.3 Å². The second-order valence-corrected chi connectivity index (χ2v) is 7.14.